The minimum Gasteiger partial charge on any atom is -0.378 e. The summed E-state index contributed by atoms with van der Waals surface area (Å²) in [6, 6.07) is 16.6. The topological polar surface area (TPSA) is 92.6 Å². The number of benzene rings is 2. The zero-order valence-electron chi connectivity index (χ0n) is 18.6. The van der Waals surface area contributed by atoms with Gasteiger partial charge in [-0.2, -0.15) is 0 Å². The van der Waals surface area contributed by atoms with Crippen molar-refractivity contribution in [2.45, 2.75) is 31.7 Å². The van der Waals surface area contributed by atoms with E-state index >= 15 is 0 Å². The highest BCUT2D eigenvalue weighted by molar-refractivity contribution is 8.05. The number of fused-ring (bicyclic) bond motifs is 2. The second-order valence-corrected chi connectivity index (χ2v) is 10.8. The third-order valence-electron chi connectivity index (χ3n) is 6.33. The van der Waals surface area contributed by atoms with E-state index in [9.17, 15) is 4.79 Å². The predicted molar refractivity (Wildman–Crippen MR) is 136 cm³/mol. The molecule has 0 amide bonds. The van der Waals surface area contributed by atoms with Gasteiger partial charge in [0.1, 0.15) is 0 Å². The highest BCUT2D eigenvalue weighted by atomic mass is 32.2. The van der Waals surface area contributed by atoms with Crippen molar-refractivity contribution in [1.82, 2.24) is 4.98 Å². The van der Waals surface area contributed by atoms with Crippen molar-refractivity contribution in [3.8, 4) is 11.3 Å². The third kappa shape index (κ3) is 4.34. The van der Waals surface area contributed by atoms with Gasteiger partial charge >= 0.3 is 0 Å². The van der Waals surface area contributed by atoms with Gasteiger partial charge in [0, 0.05) is 55.7 Å². The molecule has 3 aliphatic heterocycles. The Labute approximate surface area is 206 Å². The molecular formula is C25H26N4O3S2. The van der Waals surface area contributed by atoms with Gasteiger partial charge in [-0.05, 0) is 30.3 Å². The quantitative estimate of drug-likeness (QED) is 0.396. The summed E-state index contributed by atoms with van der Waals surface area (Å²) in [5, 5.41) is 3.52. The van der Waals surface area contributed by atoms with Gasteiger partial charge in [0.2, 0.25) is 5.56 Å². The minimum absolute atomic E-state index is 0.0109. The molecule has 176 valence electrons. The zero-order valence-corrected chi connectivity index (χ0v) is 20.2. The first kappa shape index (κ1) is 22.1. The fourth-order valence-corrected chi connectivity index (χ4v) is 6.93. The molecule has 0 saturated carbocycles. The molecule has 2 saturated heterocycles. The van der Waals surface area contributed by atoms with Gasteiger partial charge in [-0.3, -0.25) is 4.79 Å². The van der Waals surface area contributed by atoms with E-state index in [1.165, 1.54) is 19.6 Å². The first-order valence-electron chi connectivity index (χ1n) is 11.4. The van der Waals surface area contributed by atoms with Crippen LogP contribution in [0, 0.1) is 0 Å². The second-order valence-electron chi connectivity index (χ2n) is 8.67. The fourth-order valence-electron chi connectivity index (χ4n) is 4.52. The molecule has 1 aromatic heterocycles. The Morgan fingerprint density at radius 3 is 2.68 bits per heavy atom. The maximum atomic E-state index is 12.5. The number of aromatic amines is 1. The fraction of sp³-hybridized carbons (Fsp3) is 0.320. The molecule has 3 aromatic rings. The van der Waals surface area contributed by atoms with Crippen LogP contribution in [0.15, 0.2) is 72.9 Å². The summed E-state index contributed by atoms with van der Waals surface area (Å²) in [4.78, 5) is 22.6. The van der Waals surface area contributed by atoms with Crippen LogP contribution in [-0.4, -0.2) is 56.6 Å². The number of anilines is 2. The molecule has 4 heterocycles. The van der Waals surface area contributed by atoms with E-state index in [1.54, 1.807) is 29.6 Å². The van der Waals surface area contributed by atoms with Crippen molar-refractivity contribution >= 4 is 34.9 Å². The Morgan fingerprint density at radius 1 is 0.971 bits per heavy atom. The number of nitrogens with zero attached hydrogens (tertiary/aromatic N) is 1. The lowest BCUT2D eigenvalue weighted by atomic mass is 10.1. The number of hydrogen-bond acceptors (Lipinski definition) is 8. The maximum Gasteiger partial charge on any atom is 0.250 e. The van der Waals surface area contributed by atoms with Crippen LogP contribution in [0.2, 0.25) is 0 Å². The van der Waals surface area contributed by atoms with Gasteiger partial charge in [0.05, 0.1) is 44.2 Å². The molecule has 2 atom stereocenters. The van der Waals surface area contributed by atoms with Gasteiger partial charge in [0.25, 0.3) is 0 Å². The Kier molecular flexibility index (Phi) is 6.04. The normalized spacial score (nSPS) is 21.7. The zero-order chi connectivity index (χ0) is 23.1. The summed E-state index contributed by atoms with van der Waals surface area (Å²) in [6.07, 6.45) is 0. The number of aromatic nitrogens is 1. The minimum atomic E-state index is -0.0877. The van der Waals surface area contributed by atoms with Crippen molar-refractivity contribution in [3.05, 3.63) is 58.9 Å². The average molecular weight is 495 g/mol. The number of nitrogens with one attached hydrogen (secondary N) is 2. The van der Waals surface area contributed by atoms with E-state index in [1.807, 2.05) is 0 Å². The summed E-state index contributed by atoms with van der Waals surface area (Å²) in [5.74, 6) is 0. The van der Waals surface area contributed by atoms with Crippen molar-refractivity contribution in [2.75, 3.05) is 49.7 Å². The van der Waals surface area contributed by atoms with Crippen LogP contribution in [0.4, 0.5) is 11.4 Å². The molecule has 4 N–H and O–H groups in total. The van der Waals surface area contributed by atoms with Crippen LogP contribution >= 0.6 is 23.5 Å². The Balaban J connectivity index is 1.30. The van der Waals surface area contributed by atoms with Gasteiger partial charge in [-0.1, -0.05) is 35.7 Å². The van der Waals surface area contributed by atoms with E-state index in [0.29, 0.717) is 26.4 Å². The summed E-state index contributed by atoms with van der Waals surface area (Å²) >= 11 is 3.51. The van der Waals surface area contributed by atoms with Crippen LogP contribution in [0.25, 0.3) is 11.3 Å². The molecular weight excluding hydrogens is 468 g/mol. The highest BCUT2D eigenvalue weighted by Crippen LogP contribution is 2.52. The monoisotopic (exact) mass is 494 g/mol. The van der Waals surface area contributed by atoms with Crippen LogP contribution < -0.4 is 21.5 Å². The molecule has 0 aliphatic carbocycles. The van der Waals surface area contributed by atoms with Gasteiger partial charge in [-0.15, -0.1) is 0 Å². The number of ether oxygens (including phenoxy) is 2. The second kappa shape index (κ2) is 9.31. The number of H-pyrrole nitrogens is 1. The summed E-state index contributed by atoms with van der Waals surface area (Å²) in [7, 11) is 0. The van der Waals surface area contributed by atoms with E-state index in [2.05, 4.69) is 57.7 Å². The molecule has 0 bridgehead atoms. The van der Waals surface area contributed by atoms with Crippen molar-refractivity contribution in [2.24, 2.45) is 5.73 Å². The number of rotatable bonds is 4. The lowest BCUT2D eigenvalue weighted by molar-refractivity contribution is 0.122. The first-order valence-corrected chi connectivity index (χ1v) is 13.1. The third-order valence-corrected chi connectivity index (χ3v) is 8.92. The van der Waals surface area contributed by atoms with E-state index < -0.39 is 0 Å². The van der Waals surface area contributed by atoms with Crippen molar-refractivity contribution in [1.29, 1.82) is 0 Å². The number of morpholine rings is 1. The molecule has 0 unspecified atom stereocenters. The smallest absolute Gasteiger partial charge is 0.250 e. The Bertz CT molecular complexity index is 1280. The molecule has 9 heteroatoms. The summed E-state index contributed by atoms with van der Waals surface area (Å²) in [5.41, 5.74) is 9.94. The van der Waals surface area contributed by atoms with E-state index in [0.717, 1.165) is 35.7 Å². The Morgan fingerprint density at radius 2 is 1.85 bits per heavy atom. The molecule has 3 aliphatic rings. The standard InChI is InChI=1S/C25H26N4O3S2/c26-18-13-32-14-20(18)27-15-4-5-21-23(10-15)33-22-3-1-2-17(25(22)34-21)19-11-16(12-24(30)28-19)29-6-8-31-9-7-29/h1-5,10-12,18,20,27H,6-9,13-14,26H2,(H,28,30)/t18-,20+/m1/s1. The highest BCUT2D eigenvalue weighted by Gasteiger charge is 2.26. The molecule has 34 heavy (non-hydrogen) atoms. The molecule has 0 spiro atoms. The van der Waals surface area contributed by atoms with E-state index in [-0.39, 0.29) is 17.6 Å². The molecule has 2 fully saturated rings. The lowest BCUT2D eigenvalue weighted by Crippen LogP contribution is -2.38. The van der Waals surface area contributed by atoms with Crippen LogP contribution in [-0.2, 0) is 9.47 Å². The predicted octanol–water partition coefficient (Wildman–Crippen LogP) is 3.63. The van der Waals surface area contributed by atoms with Crippen LogP contribution in [0.1, 0.15) is 0 Å². The molecule has 2 aromatic carbocycles. The van der Waals surface area contributed by atoms with Gasteiger partial charge < -0.3 is 30.4 Å². The van der Waals surface area contributed by atoms with Crippen LogP contribution in [0.5, 0.6) is 0 Å². The van der Waals surface area contributed by atoms with Crippen molar-refractivity contribution < 1.29 is 9.47 Å². The van der Waals surface area contributed by atoms with E-state index in [4.69, 9.17) is 15.2 Å². The van der Waals surface area contributed by atoms with Crippen molar-refractivity contribution in [3.63, 3.8) is 0 Å². The Hall–Kier alpha value is -2.43. The largest absolute Gasteiger partial charge is 0.378 e. The van der Waals surface area contributed by atoms with Gasteiger partial charge in [-0.25, -0.2) is 0 Å². The summed E-state index contributed by atoms with van der Waals surface area (Å²) < 4.78 is 11.0. The number of nitrogens with two attached hydrogens (primary N) is 1. The number of hydrogen-bond donors (Lipinski definition) is 3. The molecule has 7 nitrogen and oxygen atoms in total. The lowest BCUT2D eigenvalue weighted by Gasteiger charge is -2.29. The maximum absolute atomic E-state index is 12.5. The van der Waals surface area contributed by atoms with Gasteiger partial charge in [0.15, 0.2) is 0 Å². The number of pyridine rings is 1. The molecule has 0 radical (unpaired) electrons. The average Bonchev–Trinajstić information content (AvgIpc) is 3.26. The summed E-state index contributed by atoms with van der Waals surface area (Å²) in [6.45, 7) is 4.18. The van der Waals surface area contributed by atoms with Crippen LogP contribution in [0.3, 0.4) is 0 Å². The first-order chi connectivity index (χ1) is 16.6. The SMILES string of the molecule is N[C@@H]1COC[C@@H]1Nc1ccc2c(c1)Sc1cccc(-c3cc(N4CCOCC4)cc(=O)[nH]3)c1S2. The molecule has 6 rings (SSSR count).